The number of cyclic esters (lactones) is 1. The van der Waals surface area contributed by atoms with E-state index in [4.69, 9.17) is 62.2 Å². The number of nitrogens with two attached hydrogens (primary N) is 1. The second kappa shape index (κ2) is 51.0. The zero-order valence-corrected chi connectivity index (χ0v) is 73.2. The summed E-state index contributed by atoms with van der Waals surface area (Å²) in [6.45, 7) is 37.0. The van der Waals surface area contributed by atoms with Crippen molar-refractivity contribution in [2.45, 2.75) is 149 Å². The fraction of sp³-hybridized carbons (Fsp3) is 0.387. The molecule has 47 heteroatoms. The number of anilines is 3. The number of sulfone groups is 1. The van der Waals surface area contributed by atoms with Crippen LogP contribution in [0.4, 0.5) is 82.4 Å². The summed E-state index contributed by atoms with van der Waals surface area (Å²) in [4.78, 5) is 111. The zero-order chi connectivity index (χ0) is 94.6. The number of fused-ring (bicyclic) bond motifs is 1. The third-order valence-electron chi connectivity index (χ3n) is 15.9. The Morgan fingerprint density at radius 2 is 1.08 bits per heavy atom. The van der Waals surface area contributed by atoms with Crippen LogP contribution >= 0.6 is 84.8 Å². The molecule has 0 aromatic heterocycles. The molecule has 11 N–H and O–H groups in total. The molecule has 0 unspecified atom stereocenters. The van der Waals surface area contributed by atoms with E-state index in [0.717, 1.165) is 105 Å². The number of nitrogens with zero attached hydrogens (tertiary/aromatic N) is 6. The van der Waals surface area contributed by atoms with E-state index in [-0.39, 0.29) is 68.3 Å². The summed E-state index contributed by atoms with van der Waals surface area (Å²) in [5.41, 5.74) is -6.52. The van der Waals surface area contributed by atoms with E-state index >= 15 is 0 Å². The normalized spacial score (nSPS) is 17.4. The Morgan fingerprint density at radius 1 is 0.672 bits per heavy atom. The SMILES string of the molecule is C=C(C)C(=O)Cl.C=C(C)C(=O)N1CCC[C@@H]1C(=O)O.C[C@@]1(CBr)OC(=O)[C@H]2CCCN2C1=O.C[C@](O)(CBr)C(=O)O.Fc1ccc(S)cc1.O=C(O)[C@H]1CCCN1.[B]=NS.[C-]#[N+]c1ccc(N)cc1C(F)(F)F.[C-]#[N+]c1ccc(NC(=O)[C@@](C)(O)CBr)cc1C(F)(F)F.[C-]#[N+]c1ccc(NC(=O)[C@@](C)(O)CS(=O)(=O)c2ccc(F)cc2)cc1C(F)(F)F. The van der Waals surface area contributed by atoms with Crippen LogP contribution in [0.5, 0.6) is 0 Å². The Kier molecular flexibility index (Phi) is 47.1. The van der Waals surface area contributed by atoms with E-state index in [1.54, 1.807) is 37.8 Å². The van der Waals surface area contributed by atoms with Crippen molar-refractivity contribution in [1.29, 1.82) is 0 Å². The van der Waals surface area contributed by atoms with Gasteiger partial charge < -0.3 is 66.9 Å². The number of thiol groups is 2. The topological polar surface area (TPSA) is 412 Å². The standard InChI is InChI=1S/C18H14F4N2O4S.C12H10BrF3N2O2.C9H12BrNO3.C9H13NO3.C8H5F3N2.C6H5FS.C5H9NO2.C4H7BrO3.C4H5ClO.BHNS/c1-17(26,10-29(27,28)13-6-3-11(19)4-7-13)16(25)24-12-5-8-15(23-2)14(9-12)18(20,21)22;1-11(20,6-13)10(19)18-7-3-4-9(17-2)8(5-7)12(14,15)16;1-9(5-10)8(13)11-4-2-3-6(11)7(12)14-9;1-6(2)8(11)10-5-3-4-7(10)9(12)13;1-13-7-3-2-5(12)4-6(7)8(9,10)11;7-5-1-3-6(8)4-2-5;7-5(8)4-2-1-3-6-4;1-4(8,2-5)3(6)7;1-3(2)4(5)6;1-2-3/h3-9,26H,10H2,1H3,(H,24,25);3-5,20H,6H2,1H3,(H,18,19);6H,2-5H2,1H3;7H,1,3-5H2,2H3,(H,12,13);2-4H,12H2;1-4,8H;4,6H,1-3H2,(H,7,8);8H,2H2,1H3,(H,6,7);1H2,2H3;3H/t17-;11-;6-,9+;7-;;;2*4-;;/m0011..10../s1. The van der Waals surface area contributed by atoms with Crippen LogP contribution in [0.1, 0.15) is 96.8 Å². The number of hydrogen-bond donors (Lipinski definition) is 12. The number of allylic oxidation sites excluding steroid dienone is 1. The Labute approximate surface area is 735 Å². The number of benzene rings is 5. The summed E-state index contributed by atoms with van der Waals surface area (Å²) in [5, 5.41) is 60.9. The molecule has 4 heterocycles. The van der Waals surface area contributed by atoms with Gasteiger partial charge in [0.1, 0.15) is 35.4 Å². The molecule has 4 aliphatic heterocycles. The predicted molar refractivity (Wildman–Crippen MR) is 446 cm³/mol. The van der Waals surface area contributed by atoms with Crippen LogP contribution in [0.15, 0.2) is 142 Å². The number of likely N-dealkylation sites (tertiary alicyclic amines) is 1. The molecule has 4 fully saturated rings. The van der Waals surface area contributed by atoms with E-state index in [9.17, 15) is 110 Å². The van der Waals surface area contributed by atoms with Gasteiger partial charge in [-0.3, -0.25) is 28.8 Å². The van der Waals surface area contributed by atoms with Crippen molar-refractivity contribution in [1.82, 2.24) is 15.1 Å². The monoisotopic (exact) mass is 2000 g/mol. The van der Waals surface area contributed by atoms with Crippen LogP contribution in [-0.2, 0) is 76.3 Å². The number of alkyl halides is 12. The maximum Gasteiger partial charge on any atom is 0.407 e. The number of nitrogens with one attached hydrogen (secondary N) is 3. The van der Waals surface area contributed by atoms with Crippen LogP contribution in [0.3, 0.4) is 0 Å². The first-order valence-electron chi connectivity index (χ1n) is 34.4. The third-order valence-corrected chi connectivity index (χ3v) is 21.7. The molecular formula is C75H81BBr3ClF11N10O18S3. The van der Waals surface area contributed by atoms with E-state index in [0.29, 0.717) is 48.1 Å². The van der Waals surface area contributed by atoms with Gasteiger partial charge in [0, 0.05) is 56.9 Å². The summed E-state index contributed by atoms with van der Waals surface area (Å²) in [6, 6.07) is 16.7. The molecule has 28 nitrogen and oxygen atoms in total. The molecule has 5 aromatic carbocycles. The van der Waals surface area contributed by atoms with Crippen molar-refractivity contribution in [2.24, 2.45) is 4.30 Å². The number of halogens is 15. The molecule has 9 rings (SSSR count). The number of carboxylic acids is 3. The molecule has 4 aliphatic rings. The van der Waals surface area contributed by atoms with Crippen molar-refractivity contribution in [3.63, 3.8) is 0 Å². The predicted octanol–water partition coefficient (Wildman–Crippen LogP) is 14.7. The molecular weight excluding hydrogens is 1920 g/mol. The molecule has 0 spiro atoms. The van der Waals surface area contributed by atoms with Crippen LogP contribution in [0.25, 0.3) is 14.5 Å². The summed E-state index contributed by atoms with van der Waals surface area (Å²) in [5.74, 6) is -7.55. The maximum atomic E-state index is 13.0. The zero-order valence-electron chi connectivity index (χ0n) is 65.0. The number of rotatable bonds is 15. The summed E-state index contributed by atoms with van der Waals surface area (Å²) >= 11 is 21.0. The molecule has 0 bridgehead atoms. The molecule has 1 radical (unpaired) electrons. The van der Waals surface area contributed by atoms with Crippen LogP contribution < -0.4 is 21.7 Å². The smallest absolute Gasteiger partial charge is 0.399 e. The van der Waals surface area contributed by atoms with Crippen molar-refractivity contribution >= 4 is 189 Å². The third kappa shape index (κ3) is 38.2. The van der Waals surface area contributed by atoms with E-state index in [1.807, 2.05) is 5.32 Å². The first-order valence-corrected chi connectivity index (χ1v) is 40.6. The quantitative estimate of drug-likeness (QED) is 0.00442. The number of morpholine rings is 1. The second-order valence-corrected chi connectivity index (χ2v) is 31.2. The van der Waals surface area contributed by atoms with Gasteiger partial charge in [0.25, 0.3) is 17.7 Å². The largest absolute Gasteiger partial charge is 0.407 e. The fourth-order valence-corrected chi connectivity index (χ4v) is 12.0. The Morgan fingerprint density at radius 3 is 1.42 bits per heavy atom. The van der Waals surface area contributed by atoms with E-state index < -0.39 is 137 Å². The Hall–Kier alpha value is -9.41. The number of carbonyl (C=O) groups excluding carboxylic acids is 6. The number of esters is 1. The minimum atomic E-state index is -4.85. The summed E-state index contributed by atoms with van der Waals surface area (Å²) in [7, 11) is 0.125. The molecule has 122 heavy (non-hydrogen) atoms. The minimum Gasteiger partial charge on any atom is -0.399 e. The van der Waals surface area contributed by atoms with Crippen LogP contribution in [0.2, 0.25) is 0 Å². The molecule has 4 saturated heterocycles. The number of aliphatic carboxylic acids is 3. The van der Waals surface area contributed by atoms with Gasteiger partial charge in [0.15, 0.2) is 43.7 Å². The van der Waals surface area contributed by atoms with Gasteiger partial charge in [-0.05, 0) is 183 Å². The number of carboxylic acid groups (broad SMARTS) is 3. The van der Waals surface area contributed by atoms with Gasteiger partial charge in [0.05, 0.1) is 52.4 Å². The number of ether oxygens (including phenoxy) is 1. The first-order chi connectivity index (χ1) is 56.1. The summed E-state index contributed by atoms with van der Waals surface area (Å²) < 4.78 is 171. The molecule has 665 valence electrons. The Bertz CT molecular complexity index is 4740. The summed E-state index contributed by atoms with van der Waals surface area (Å²) in [6.07, 6.45) is -9.34. The van der Waals surface area contributed by atoms with Crippen molar-refractivity contribution in [3.8, 4) is 0 Å². The Balaban J connectivity index is 0.00000140. The van der Waals surface area contributed by atoms with Crippen molar-refractivity contribution in [2.75, 3.05) is 57.7 Å². The van der Waals surface area contributed by atoms with Gasteiger partial charge >= 0.3 is 67.2 Å². The van der Waals surface area contributed by atoms with Crippen molar-refractivity contribution < 1.29 is 135 Å². The van der Waals surface area contributed by atoms with Crippen LogP contribution in [0, 0.1) is 31.4 Å². The van der Waals surface area contributed by atoms with Gasteiger partial charge in [-0.2, -0.15) is 39.5 Å². The van der Waals surface area contributed by atoms with E-state index in [1.165, 1.54) is 43.0 Å². The number of nitrogen functional groups attached to an aromatic ring is 1. The van der Waals surface area contributed by atoms with Gasteiger partial charge in [-0.15, -0.1) is 12.6 Å². The van der Waals surface area contributed by atoms with E-state index in [2.05, 4.69) is 123 Å². The molecule has 5 aromatic rings. The van der Waals surface area contributed by atoms with Gasteiger partial charge in [-0.1, -0.05) is 79.1 Å². The molecule has 4 amide bonds. The molecule has 7 atom stereocenters. The van der Waals surface area contributed by atoms with Gasteiger partial charge in [-0.25, -0.2) is 46.1 Å². The maximum absolute atomic E-state index is 13.0. The minimum absolute atomic E-state index is 0.000255. The van der Waals surface area contributed by atoms with Crippen LogP contribution in [-0.4, -0.2) is 191 Å². The second-order valence-electron chi connectivity index (χ2n) is 26.4. The average Bonchev–Trinajstić information content (AvgIpc) is 1.63. The number of hydrogen-bond acceptors (Lipinski definition) is 20. The number of aliphatic hydroxyl groups is 3. The average molecular weight is 2000 g/mol. The van der Waals surface area contributed by atoms with Crippen molar-refractivity contribution in [3.05, 3.63) is 190 Å². The van der Waals surface area contributed by atoms with Gasteiger partial charge in [0.2, 0.25) is 11.1 Å². The fourth-order valence-electron chi connectivity index (χ4n) is 9.39. The number of amides is 4. The molecule has 0 saturated carbocycles. The first kappa shape index (κ1) is 113. The molecule has 0 aliphatic carbocycles. The number of carbonyl (C=O) groups is 9.